The Hall–Kier alpha value is -3.05. The second-order valence-electron chi connectivity index (χ2n) is 4.68. The monoisotopic (exact) mass is 371 g/mol. The number of hydrogen-bond acceptors (Lipinski definition) is 5. The highest BCUT2D eigenvalue weighted by Gasteiger charge is 2.39. The van der Waals surface area contributed by atoms with Gasteiger partial charge in [-0.2, -0.15) is 5.26 Å². The zero-order valence-corrected chi connectivity index (χ0v) is 12.9. The van der Waals surface area contributed by atoms with E-state index in [9.17, 15) is 25.0 Å². The molecule has 2 aromatic rings. The quantitative estimate of drug-likeness (QED) is 0.458. The Morgan fingerprint density at radius 2 is 1.70 bits per heavy atom. The molecule has 0 spiro atoms. The van der Waals surface area contributed by atoms with Gasteiger partial charge in [0.05, 0.1) is 27.3 Å². The highest BCUT2D eigenvalue weighted by Crippen LogP contribution is 2.38. The van der Waals surface area contributed by atoms with Crippen LogP contribution in [0.25, 0.3) is 0 Å². The predicted molar refractivity (Wildman–Crippen MR) is 83.1 cm³/mol. The number of hydrogen-bond donors (Lipinski definition) is 0. The second kappa shape index (κ2) is 5.30. The Labute approximate surface area is 138 Å². The molecule has 2 amide bonds. The summed E-state index contributed by atoms with van der Waals surface area (Å²) in [4.78, 5) is 36.1. The summed E-state index contributed by atoms with van der Waals surface area (Å²) in [6.45, 7) is 0. The van der Waals surface area contributed by atoms with Gasteiger partial charge in [-0.25, -0.2) is 4.90 Å². The summed E-state index contributed by atoms with van der Waals surface area (Å²) in [5.41, 5.74) is 0.0111. The fraction of sp³-hybridized carbons (Fsp3) is 0. The number of imide groups is 1. The summed E-state index contributed by atoms with van der Waals surface area (Å²) in [6.07, 6.45) is 0. The topological polar surface area (TPSA) is 104 Å². The molecule has 3 rings (SSSR count). The largest absolute Gasteiger partial charge is 0.272 e. The van der Waals surface area contributed by atoms with Gasteiger partial charge in [-0.3, -0.25) is 19.7 Å². The first-order chi connectivity index (χ1) is 11.0. The van der Waals surface area contributed by atoms with Crippen LogP contribution in [-0.4, -0.2) is 16.7 Å². The number of anilines is 1. The van der Waals surface area contributed by atoms with Gasteiger partial charge in [0.15, 0.2) is 0 Å². The van der Waals surface area contributed by atoms with E-state index in [-0.39, 0.29) is 32.5 Å². The lowest BCUT2D eigenvalue weighted by molar-refractivity contribution is -0.384. The van der Waals surface area contributed by atoms with Crippen molar-refractivity contribution in [3.63, 3.8) is 0 Å². The lowest BCUT2D eigenvalue weighted by Crippen LogP contribution is -2.30. The summed E-state index contributed by atoms with van der Waals surface area (Å²) in [5, 5.41) is 20.1. The van der Waals surface area contributed by atoms with Crippen LogP contribution in [0.4, 0.5) is 11.4 Å². The van der Waals surface area contributed by atoms with E-state index >= 15 is 0 Å². The standard InChI is InChI=1S/C15H6BrN3O4/c16-12-6-9(19(22)23)5-8(7-17)13(12)18-14(20)10-3-1-2-4-11(10)15(18)21/h1-6H. The number of rotatable bonds is 2. The second-order valence-corrected chi connectivity index (χ2v) is 5.54. The van der Waals surface area contributed by atoms with E-state index in [1.807, 2.05) is 0 Å². The normalized spacial score (nSPS) is 13.0. The molecular formula is C15H6BrN3O4. The maximum absolute atomic E-state index is 12.5. The molecule has 0 atom stereocenters. The molecule has 0 radical (unpaired) electrons. The van der Waals surface area contributed by atoms with Gasteiger partial charge in [-0.15, -0.1) is 0 Å². The molecule has 0 bridgehead atoms. The molecule has 0 unspecified atom stereocenters. The minimum atomic E-state index is -0.655. The van der Waals surface area contributed by atoms with Crippen LogP contribution in [0.1, 0.15) is 26.3 Å². The molecule has 1 heterocycles. The third-order valence-electron chi connectivity index (χ3n) is 3.40. The molecule has 112 valence electrons. The van der Waals surface area contributed by atoms with Crippen LogP contribution in [0.15, 0.2) is 40.9 Å². The first kappa shape index (κ1) is 14.9. The van der Waals surface area contributed by atoms with Crippen molar-refractivity contribution in [1.29, 1.82) is 5.26 Å². The van der Waals surface area contributed by atoms with Crippen molar-refractivity contribution in [3.05, 3.63) is 67.7 Å². The van der Waals surface area contributed by atoms with Gasteiger partial charge >= 0.3 is 0 Å². The Morgan fingerprint density at radius 3 is 2.17 bits per heavy atom. The number of nitro groups is 1. The summed E-state index contributed by atoms with van der Waals surface area (Å²) in [6, 6.07) is 10.3. The molecule has 0 saturated heterocycles. The Morgan fingerprint density at radius 1 is 1.13 bits per heavy atom. The highest BCUT2D eigenvalue weighted by atomic mass is 79.9. The zero-order chi connectivity index (χ0) is 16.7. The number of halogens is 1. The van der Waals surface area contributed by atoms with E-state index < -0.39 is 16.7 Å². The minimum absolute atomic E-state index is 0.00398. The SMILES string of the molecule is N#Cc1cc([N+](=O)[O-])cc(Br)c1N1C(=O)c2ccccc2C1=O. The molecule has 7 nitrogen and oxygen atoms in total. The lowest BCUT2D eigenvalue weighted by atomic mass is 10.1. The van der Waals surface area contributed by atoms with E-state index in [1.165, 1.54) is 12.1 Å². The molecule has 2 aromatic carbocycles. The minimum Gasteiger partial charge on any atom is -0.268 e. The van der Waals surface area contributed by atoms with Gasteiger partial charge < -0.3 is 0 Å². The van der Waals surface area contributed by atoms with Crippen LogP contribution in [-0.2, 0) is 0 Å². The Kier molecular flexibility index (Phi) is 3.42. The fourth-order valence-electron chi connectivity index (χ4n) is 2.39. The van der Waals surface area contributed by atoms with Gasteiger partial charge in [0.1, 0.15) is 6.07 Å². The van der Waals surface area contributed by atoms with Gasteiger partial charge in [0.2, 0.25) is 0 Å². The van der Waals surface area contributed by atoms with Crippen molar-refractivity contribution in [2.45, 2.75) is 0 Å². The summed E-state index contributed by atoms with van der Waals surface area (Å²) in [7, 11) is 0. The van der Waals surface area contributed by atoms with Crippen molar-refractivity contribution in [2.24, 2.45) is 0 Å². The highest BCUT2D eigenvalue weighted by molar-refractivity contribution is 9.10. The number of nitriles is 1. The van der Waals surface area contributed by atoms with Crippen molar-refractivity contribution < 1.29 is 14.5 Å². The van der Waals surface area contributed by atoms with Crippen LogP contribution in [0.2, 0.25) is 0 Å². The third kappa shape index (κ3) is 2.18. The van der Waals surface area contributed by atoms with Gasteiger partial charge in [0, 0.05) is 16.6 Å². The number of fused-ring (bicyclic) bond motifs is 1. The molecule has 0 aromatic heterocycles. The molecule has 0 saturated carbocycles. The summed E-state index contributed by atoms with van der Waals surface area (Å²) in [5.74, 6) is -1.15. The smallest absolute Gasteiger partial charge is 0.268 e. The number of carbonyl (C=O) groups is 2. The van der Waals surface area contributed by atoms with Crippen LogP contribution in [0.3, 0.4) is 0 Å². The molecule has 8 heteroatoms. The van der Waals surface area contributed by atoms with Crippen LogP contribution in [0.5, 0.6) is 0 Å². The fourth-order valence-corrected chi connectivity index (χ4v) is 3.02. The number of carbonyl (C=O) groups excluding carboxylic acids is 2. The van der Waals surface area contributed by atoms with Gasteiger partial charge in [0.25, 0.3) is 17.5 Å². The number of non-ortho nitro benzene ring substituents is 1. The number of benzene rings is 2. The lowest BCUT2D eigenvalue weighted by Gasteiger charge is -2.17. The third-order valence-corrected chi connectivity index (χ3v) is 4.00. The van der Waals surface area contributed by atoms with Gasteiger partial charge in [-0.05, 0) is 28.1 Å². The molecule has 23 heavy (non-hydrogen) atoms. The summed E-state index contributed by atoms with van der Waals surface area (Å²) >= 11 is 3.12. The first-order valence-electron chi connectivity index (χ1n) is 6.31. The average Bonchev–Trinajstić information content (AvgIpc) is 2.79. The summed E-state index contributed by atoms with van der Waals surface area (Å²) < 4.78 is 0.123. The zero-order valence-electron chi connectivity index (χ0n) is 11.3. The number of nitro benzene ring substituents is 1. The number of nitrogens with zero attached hydrogens (tertiary/aromatic N) is 3. The van der Waals surface area contributed by atoms with E-state index in [2.05, 4.69) is 15.9 Å². The van der Waals surface area contributed by atoms with Gasteiger partial charge in [-0.1, -0.05) is 12.1 Å². The van der Waals surface area contributed by atoms with Crippen molar-refractivity contribution in [2.75, 3.05) is 4.90 Å². The van der Waals surface area contributed by atoms with E-state index in [0.29, 0.717) is 0 Å². The van der Waals surface area contributed by atoms with Crippen LogP contribution >= 0.6 is 15.9 Å². The van der Waals surface area contributed by atoms with Crippen molar-refractivity contribution in [1.82, 2.24) is 0 Å². The number of amides is 2. The predicted octanol–water partition coefficient (Wildman–Crippen LogP) is 3.03. The average molecular weight is 372 g/mol. The van der Waals surface area contributed by atoms with Crippen LogP contribution in [0, 0.1) is 21.4 Å². The molecule has 0 aliphatic carbocycles. The molecule has 0 N–H and O–H groups in total. The molecule has 1 aliphatic heterocycles. The van der Waals surface area contributed by atoms with E-state index in [1.54, 1.807) is 18.2 Å². The molecule has 1 aliphatic rings. The van der Waals surface area contributed by atoms with Crippen LogP contribution < -0.4 is 4.90 Å². The molecular weight excluding hydrogens is 366 g/mol. The Bertz CT molecular complexity index is 898. The van der Waals surface area contributed by atoms with E-state index in [4.69, 9.17) is 0 Å². The maximum Gasteiger partial charge on any atom is 0.272 e. The van der Waals surface area contributed by atoms with Crippen molar-refractivity contribution in [3.8, 4) is 6.07 Å². The first-order valence-corrected chi connectivity index (χ1v) is 7.11. The maximum atomic E-state index is 12.5. The van der Waals surface area contributed by atoms with E-state index in [0.717, 1.165) is 17.0 Å². The Balaban J connectivity index is 2.22. The van der Waals surface area contributed by atoms with Crippen molar-refractivity contribution >= 4 is 39.1 Å². The molecule has 0 fully saturated rings.